The average molecular weight is 387 g/mol. The fraction of sp³-hybridized carbons (Fsp3) is 0.600. The van der Waals surface area contributed by atoms with Gasteiger partial charge in [0, 0.05) is 38.4 Å². The molecule has 0 radical (unpaired) electrons. The summed E-state index contributed by atoms with van der Waals surface area (Å²) < 4.78 is 5.52. The van der Waals surface area contributed by atoms with Crippen molar-refractivity contribution < 1.29 is 14.6 Å². The monoisotopic (exact) mass is 386 g/mol. The molecule has 1 aliphatic heterocycles. The summed E-state index contributed by atoms with van der Waals surface area (Å²) in [4.78, 5) is 27.7. The third-order valence-corrected chi connectivity index (χ3v) is 4.18. The minimum Gasteiger partial charge on any atom is -0.491 e. The molecule has 2 rings (SSSR count). The molecule has 1 amide bonds. The zero-order valence-corrected chi connectivity index (χ0v) is 14.9. The second-order valence-electron chi connectivity index (χ2n) is 5.80. The van der Waals surface area contributed by atoms with Gasteiger partial charge in [-0.05, 0) is 0 Å². The summed E-state index contributed by atoms with van der Waals surface area (Å²) in [5.41, 5.74) is 6.08. The molecule has 1 aliphatic rings. The number of nitrogens with two attached hydrogens (primary N) is 1. The maximum atomic E-state index is 12.7. The molecule has 0 bridgehead atoms. The second kappa shape index (κ2) is 10.3. The zero-order valence-electron chi connectivity index (χ0n) is 14.1. The second-order valence-corrected chi connectivity index (χ2v) is 6.42. The van der Waals surface area contributed by atoms with Crippen LogP contribution in [0.1, 0.15) is 6.42 Å². The highest BCUT2D eigenvalue weighted by Gasteiger charge is 2.37. The van der Waals surface area contributed by atoms with Crippen LogP contribution in [0.2, 0.25) is 0 Å². The largest absolute Gasteiger partial charge is 0.491 e. The van der Waals surface area contributed by atoms with Crippen LogP contribution >= 0.6 is 11.6 Å². The summed E-state index contributed by atoms with van der Waals surface area (Å²) in [6.07, 6.45) is 1.61. The lowest BCUT2D eigenvalue weighted by atomic mass is 10.00. The van der Waals surface area contributed by atoms with Crippen molar-refractivity contribution >= 4 is 23.2 Å². The third kappa shape index (κ3) is 5.58. The van der Waals surface area contributed by atoms with Crippen LogP contribution < -0.4 is 26.4 Å². The van der Waals surface area contributed by atoms with Crippen molar-refractivity contribution in [2.45, 2.75) is 24.1 Å². The molecule has 0 aromatic carbocycles. The summed E-state index contributed by atoms with van der Waals surface area (Å²) in [6.45, 7) is 1.22. The number of aromatic nitrogens is 1. The highest BCUT2D eigenvalue weighted by molar-refractivity contribution is 6.21. The van der Waals surface area contributed by atoms with Crippen LogP contribution in [0.15, 0.2) is 23.6 Å². The predicted octanol–water partition coefficient (Wildman–Crippen LogP) is -0.425. The normalized spacial score (nSPS) is 22.3. The Balaban J connectivity index is 2.10. The average Bonchev–Trinajstić information content (AvgIpc) is 2.65. The number of carbonyl (C=O) groups is 1. The van der Waals surface area contributed by atoms with Crippen LogP contribution in [0.4, 0.5) is 5.69 Å². The van der Waals surface area contributed by atoms with E-state index < -0.39 is 24.2 Å². The first-order valence-electron chi connectivity index (χ1n) is 8.24. The van der Waals surface area contributed by atoms with Gasteiger partial charge in [-0.1, -0.05) is 5.18 Å². The van der Waals surface area contributed by atoms with Crippen molar-refractivity contribution in [2.24, 2.45) is 16.8 Å². The summed E-state index contributed by atoms with van der Waals surface area (Å²) in [5, 5.41) is 20.3. The minimum atomic E-state index is -1.25. The van der Waals surface area contributed by atoms with Crippen LogP contribution in [0.5, 0.6) is 5.75 Å². The number of hydrogen-bond acceptors (Lipinski definition) is 9. The molecule has 2 atom stereocenters. The molecule has 11 heteroatoms. The Morgan fingerprint density at radius 1 is 1.54 bits per heavy atom. The van der Waals surface area contributed by atoms with E-state index in [1.807, 2.05) is 0 Å². The Hall–Kier alpha value is -1.85. The van der Waals surface area contributed by atoms with Crippen molar-refractivity contribution in [1.82, 2.24) is 15.6 Å². The van der Waals surface area contributed by atoms with E-state index in [0.717, 1.165) is 0 Å². The number of ether oxygens (including phenoxy) is 1. The highest BCUT2D eigenvalue weighted by Crippen LogP contribution is 2.24. The number of amides is 1. The number of nitrogens with zero attached hydrogens (tertiary/aromatic N) is 2. The summed E-state index contributed by atoms with van der Waals surface area (Å²) in [7, 11) is 0. The lowest BCUT2D eigenvalue weighted by Crippen LogP contribution is -2.62. The number of alkyl halides is 1. The maximum absolute atomic E-state index is 12.7. The molecule has 26 heavy (non-hydrogen) atoms. The Labute approximate surface area is 155 Å². The molecular formula is C15H23ClN6O4. The first-order valence-corrected chi connectivity index (χ1v) is 8.68. The molecule has 0 aliphatic carbocycles. The van der Waals surface area contributed by atoms with Crippen molar-refractivity contribution in [2.75, 3.05) is 31.6 Å². The minimum absolute atomic E-state index is 0.00467. The number of carbonyl (C=O) groups excluding carboxylic acids is 1. The lowest BCUT2D eigenvalue weighted by Gasteiger charge is -2.34. The van der Waals surface area contributed by atoms with Gasteiger partial charge >= 0.3 is 0 Å². The van der Waals surface area contributed by atoms with Crippen LogP contribution in [0, 0.1) is 10.8 Å². The number of nitrogens with one attached hydrogen (secondary N) is 3. The number of aliphatic hydroxyl groups is 1. The standard InChI is InChI=1S/C15H23ClN6O4/c16-9-6-19-14(20-7-9)12(13(17)22-25)15(24)21-10-8-18-3-2-11(10)26-5-1-4-23/h2-3,8-9,12-14,19-20,23H,1,4-7,17H2,(H,21,24). The van der Waals surface area contributed by atoms with Crippen molar-refractivity contribution in [3.63, 3.8) is 0 Å². The van der Waals surface area contributed by atoms with Gasteiger partial charge in [0.25, 0.3) is 0 Å². The molecule has 0 saturated carbocycles. The molecule has 1 aromatic heterocycles. The molecule has 0 spiro atoms. The fourth-order valence-electron chi connectivity index (χ4n) is 2.54. The topological polar surface area (TPSA) is 151 Å². The SMILES string of the molecule is NC(N=O)C(C(=O)Nc1cnccc1OCCCO)C1NCC(Cl)CN1. The van der Waals surface area contributed by atoms with Crippen molar-refractivity contribution in [3.05, 3.63) is 23.4 Å². The van der Waals surface area contributed by atoms with E-state index in [1.54, 1.807) is 6.07 Å². The molecule has 1 fully saturated rings. The number of pyridine rings is 1. The van der Waals surface area contributed by atoms with E-state index in [-0.39, 0.29) is 18.6 Å². The molecule has 2 heterocycles. The Morgan fingerprint density at radius 2 is 2.27 bits per heavy atom. The molecule has 2 unspecified atom stereocenters. The smallest absolute Gasteiger partial charge is 0.234 e. The third-order valence-electron chi connectivity index (χ3n) is 3.87. The number of aliphatic hydroxyl groups excluding tert-OH is 1. The van der Waals surface area contributed by atoms with Gasteiger partial charge < -0.3 is 20.9 Å². The van der Waals surface area contributed by atoms with E-state index in [2.05, 4.69) is 26.1 Å². The Bertz CT molecular complexity index is 599. The zero-order chi connectivity index (χ0) is 18.9. The van der Waals surface area contributed by atoms with Gasteiger partial charge in [-0.3, -0.25) is 20.4 Å². The van der Waals surface area contributed by atoms with E-state index in [4.69, 9.17) is 27.2 Å². The molecule has 10 nitrogen and oxygen atoms in total. The number of anilines is 1. The van der Waals surface area contributed by atoms with Crippen molar-refractivity contribution in [3.8, 4) is 5.75 Å². The number of rotatable bonds is 9. The molecular weight excluding hydrogens is 364 g/mol. The molecule has 144 valence electrons. The van der Waals surface area contributed by atoms with E-state index in [1.165, 1.54) is 12.4 Å². The summed E-state index contributed by atoms with van der Waals surface area (Å²) in [5.74, 6) is -1.06. The first kappa shape index (κ1) is 20.5. The van der Waals surface area contributed by atoms with Crippen LogP contribution in [0.25, 0.3) is 0 Å². The molecule has 1 aromatic rings. The van der Waals surface area contributed by atoms with E-state index in [0.29, 0.717) is 30.9 Å². The Kier molecular flexibility index (Phi) is 8.13. The van der Waals surface area contributed by atoms with Gasteiger partial charge in [0.15, 0.2) is 6.17 Å². The molecule has 6 N–H and O–H groups in total. The van der Waals surface area contributed by atoms with Crippen molar-refractivity contribution in [1.29, 1.82) is 0 Å². The van der Waals surface area contributed by atoms with Gasteiger partial charge in [-0.15, -0.1) is 16.5 Å². The Morgan fingerprint density at radius 3 is 2.92 bits per heavy atom. The van der Waals surface area contributed by atoms with E-state index >= 15 is 0 Å². The van der Waals surface area contributed by atoms with Crippen LogP contribution in [-0.2, 0) is 4.79 Å². The predicted molar refractivity (Wildman–Crippen MR) is 96.8 cm³/mol. The van der Waals surface area contributed by atoms with Crippen LogP contribution in [-0.4, -0.2) is 60.0 Å². The molecule has 1 saturated heterocycles. The summed E-state index contributed by atoms with van der Waals surface area (Å²) in [6, 6.07) is 1.59. The van der Waals surface area contributed by atoms with E-state index in [9.17, 15) is 9.70 Å². The lowest BCUT2D eigenvalue weighted by molar-refractivity contribution is -0.121. The van der Waals surface area contributed by atoms with Gasteiger partial charge in [-0.25, -0.2) is 0 Å². The van der Waals surface area contributed by atoms with Gasteiger partial charge in [0.2, 0.25) is 5.91 Å². The first-order chi connectivity index (χ1) is 12.6. The van der Waals surface area contributed by atoms with Gasteiger partial charge in [-0.2, -0.15) is 0 Å². The summed E-state index contributed by atoms with van der Waals surface area (Å²) >= 11 is 6.01. The highest BCUT2D eigenvalue weighted by atomic mass is 35.5. The number of nitroso groups, excluding NO2 is 1. The van der Waals surface area contributed by atoms with Gasteiger partial charge in [0.1, 0.15) is 17.4 Å². The quantitative estimate of drug-likeness (QED) is 0.218. The fourth-order valence-corrected chi connectivity index (χ4v) is 2.72. The van der Waals surface area contributed by atoms with Crippen LogP contribution in [0.3, 0.4) is 0 Å². The number of halogens is 1. The maximum Gasteiger partial charge on any atom is 0.234 e. The number of hydrogen-bond donors (Lipinski definition) is 5. The van der Waals surface area contributed by atoms with Gasteiger partial charge in [0.05, 0.1) is 24.3 Å².